The number of H-pyrrole nitrogens is 1. The molecule has 2 heteroatoms. The van der Waals surface area contributed by atoms with Crippen LogP contribution >= 0.6 is 0 Å². The minimum Gasteiger partial charge on any atom is -0.364 e. The molecule has 1 aliphatic heterocycles. The van der Waals surface area contributed by atoms with Gasteiger partial charge < -0.3 is 4.98 Å². The van der Waals surface area contributed by atoms with Gasteiger partial charge in [-0.15, -0.1) is 0 Å². The number of nitrogens with one attached hydrogen (secondary N) is 1. The lowest BCUT2D eigenvalue weighted by atomic mass is 10.1. The molecule has 1 aromatic heterocycles. The summed E-state index contributed by atoms with van der Waals surface area (Å²) in [5.74, 6) is 0. The van der Waals surface area contributed by atoms with E-state index < -0.39 is 0 Å². The number of aromatic amines is 1. The van der Waals surface area contributed by atoms with Crippen molar-refractivity contribution in [1.82, 2.24) is 9.88 Å². The highest BCUT2D eigenvalue weighted by atomic mass is 15.2. The molecule has 0 unspecified atom stereocenters. The molecule has 0 bridgehead atoms. The van der Waals surface area contributed by atoms with E-state index in [4.69, 9.17) is 0 Å². The number of hydrogen-bond acceptors (Lipinski definition) is 1. The van der Waals surface area contributed by atoms with Crippen molar-refractivity contribution in [3.05, 3.63) is 59.9 Å². The summed E-state index contributed by atoms with van der Waals surface area (Å²) in [5.41, 5.74) is 2.77. The fourth-order valence-electron chi connectivity index (χ4n) is 2.74. The van der Waals surface area contributed by atoms with E-state index in [2.05, 4.69) is 52.3 Å². The topological polar surface area (TPSA) is 19.0 Å². The van der Waals surface area contributed by atoms with Gasteiger partial charge in [0.05, 0.1) is 6.04 Å². The van der Waals surface area contributed by atoms with E-state index in [0.717, 1.165) is 6.54 Å². The second kappa shape index (κ2) is 4.76. The van der Waals surface area contributed by atoms with Crippen LogP contribution in [-0.4, -0.2) is 16.4 Å². The van der Waals surface area contributed by atoms with Crippen molar-refractivity contribution in [2.75, 3.05) is 6.54 Å². The SMILES string of the molecule is c1ccc(CN2CCC[C@H]2c2ccc[nH]2)cc1. The van der Waals surface area contributed by atoms with Crippen LogP contribution in [-0.2, 0) is 6.54 Å². The Labute approximate surface area is 102 Å². The fraction of sp³-hybridized carbons (Fsp3) is 0.333. The predicted molar refractivity (Wildman–Crippen MR) is 69.6 cm³/mol. The fourth-order valence-corrected chi connectivity index (χ4v) is 2.74. The quantitative estimate of drug-likeness (QED) is 0.850. The molecule has 3 rings (SSSR count). The summed E-state index contributed by atoms with van der Waals surface area (Å²) in [5, 5.41) is 0. The third-order valence-electron chi connectivity index (χ3n) is 3.57. The van der Waals surface area contributed by atoms with Crippen LogP contribution in [0.15, 0.2) is 48.7 Å². The molecule has 1 fully saturated rings. The van der Waals surface area contributed by atoms with Crippen LogP contribution in [0.1, 0.15) is 30.1 Å². The number of rotatable bonds is 3. The second-order valence-electron chi connectivity index (χ2n) is 4.74. The Balaban J connectivity index is 1.75. The third-order valence-corrected chi connectivity index (χ3v) is 3.57. The molecule has 88 valence electrons. The molecule has 1 atom stereocenters. The van der Waals surface area contributed by atoms with Gasteiger partial charge in [-0.2, -0.15) is 0 Å². The zero-order chi connectivity index (χ0) is 11.5. The van der Waals surface area contributed by atoms with Crippen LogP contribution in [0.2, 0.25) is 0 Å². The van der Waals surface area contributed by atoms with E-state index in [9.17, 15) is 0 Å². The zero-order valence-corrected chi connectivity index (χ0v) is 9.97. The summed E-state index contributed by atoms with van der Waals surface area (Å²) >= 11 is 0. The summed E-state index contributed by atoms with van der Waals surface area (Å²) in [6.07, 6.45) is 4.60. The summed E-state index contributed by atoms with van der Waals surface area (Å²) in [6, 6.07) is 15.6. The van der Waals surface area contributed by atoms with Gasteiger partial charge in [-0.25, -0.2) is 0 Å². The average molecular weight is 226 g/mol. The molecule has 2 nitrogen and oxygen atoms in total. The van der Waals surface area contributed by atoms with E-state index in [1.54, 1.807) is 0 Å². The van der Waals surface area contributed by atoms with Crippen LogP contribution < -0.4 is 0 Å². The van der Waals surface area contributed by atoms with Crippen LogP contribution in [0.25, 0.3) is 0 Å². The van der Waals surface area contributed by atoms with E-state index in [-0.39, 0.29) is 0 Å². The molecular formula is C15H18N2. The summed E-state index contributed by atoms with van der Waals surface area (Å²) < 4.78 is 0. The third kappa shape index (κ3) is 2.27. The Morgan fingerprint density at radius 2 is 2.00 bits per heavy atom. The molecule has 0 saturated carbocycles. The number of aromatic nitrogens is 1. The first kappa shape index (κ1) is 10.6. The highest BCUT2D eigenvalue weighted by molar-refractivity contribution is 5.16. The van der Waals surface area contributed by atoms with Gasteiger partial charge >= 0.3 is 0 Å². The lowest BCUT2D eigenvalue weighted by Gasteiger charge is -2.23. The number of nitrogens with zero attached hydrogens (tertiary/aromatic N) is 1. The molecule has 0 spiro atoms. The molecule has 0 amide bonds. The van der Waals surface area contributed by atoms with Gasteiger partial charge in [0.15, 0.2) is 0 Å². The van der Waals surface area contributed by atoms with E-state index in [1.807, 2.05) is 6.20 Å². The maximum atomic E-state index is 3.35. The Morgan fingerprint density at radius 1 is 1.12 bits per heavy atom. The predicted octanol–water partition coefficient (Wildman–Crippen LogP) is 3.35. The number of benzene rings is 1. The molecule has 0 radical (unpaired) electrons. The van der Waals surface area contributed by atoms with Gasteiger partial charge in [-0.1, -0.05) is 30.3 Å². The largest absolute Gasteiger partial charge is 0.364 e. The minimum absolute atomic E-state index is 0.574. The maximum absolute atomic E-state index is 3.35. The van der Waals surface area contributed by atoms with Crippen molar-refractivity contribution >= 4 is 0 Å². The van der Waals surface area contributed by atoms with Gasteiger partial charge in [-0.3, -0.25) is 4.90 Å². The smallest absolute Gasteiger partial charge is 0.0502 e. The van der Waals surface area contributed by atoms with Crippen molar-refractivity contribution < 1.29 is 0 Å². The van der Waals surface area contributed by atoms with E-state index in [1.165, 1.54) is 30.6 Å². The Morgan fingerprint density at radius 3 is 2.76 bits per heavy atom. The lowest BCUT2D eigenvalue weighted by Crippen LogP contribution is -2.22. The monoisotopic (exact) mass is 226 g/mol. The normalized spacial score (nSPS) is 20.8. The van der Waals surface area contributed by atoms with Crippen LogP contribution in [0.4, 0.5) is 0 Å². The van der Waals surface area contributed by atoms with Crippen molar-refractivity contribution in [2.45, 2.75) is 25.4 Å². The maximum Gasteiger partial charge on any atom is 0.0502 e. The summed E-state index contributed by atoms with van der Waals surface area (Å²) in [4.78, 5) is 5.92. The van der Waals surface area contributed by atoms with Crippen molar-refractivity contribution in [3.63, 3.8) is 0 Å². The van der Waals surface area contributed by atoms with E-state index in [0.29, 0.717) is 6.04 Å². The van der Waals surface area contributed by atoms with Crippen molar-refractivity contribution in [2.24, 2.45) is 0 Å². The van der Waals surface area contributed by atoms with Crippen LogP contribution in [0.5, 0.6) is 0 Å². The van der Waals surface area contributed by atoms with Gasteiger partial charge in [0.25, 0.3) is 0 Å². The zero-order valence-electron chi connectivity index (χ0n) is 9.97. The molecule has 1 aliphatic rings. The molecule has 1 N–H and O–H groups in total. The van der Waals surface area contributed by atoms with Gasteiger partial charge in [0.1, 0.15) is 0 Å². The Kier molecular flexibility index (Phi) is 2.97. The van der Waals surface area contributed by atoms with Gasteiger partial charge in [0, 0.05) is 18.4 Å². The summed E-state index contributed by atoms with van der Waals surface area (Å²) in [6.45, 7) is 2.27. The standard InChI is InChI=1S/C15H18N2/c1-2-6-13(7-3-1)12-17-11-5-9-15(17)14-8-4-10-16-14/h1-4,6-8,10,15-16H,5,9,11-12H2/t15-/m0/s1. The molecule has 0 aliphatic carbocycles. The molecule has 17 heavy (non-hydrogen) atoms. The first-order valence-electron chi connectivity index (χ1n) is 6.35. The molecule has 1 saturated heterocycles. The Hall–Kier alpha value is -1.54. The van der Waals surface area contributed by atoms with Crippen LogP contribution in [0, 0.1) is 0 Å². The highest BCUT2D eigenvalue weighted by Crippen LogP contribution is 2.31. The number of hydrogen-bond donors (Lipinski definition) is 1. The molecule has 2 heterocycles. The van der Waals surface area contributed by atoms with Crippen molar-refractivity contribution in [3.8, 4) is 0 Å². The number of likely N-dealkylation sites (tertiary alicyclic amines) is 1. The van der Waals surface area contributed by atoms with Crippen molar-refractivity contribution in [1.29, 1.82) is 0 Å². The highest BCUT2D eigenvalue weighted by Gasteiger charge is 2.26. The molecule has 1 aromatic carbocycles. The van der Waals surface area contributed by atoms with Gasteiger partial charge in [-0.05, 0) is 37.1 Å². The molecular weight excluding hydrogens is 208 g/mol. The van der Waals surface area contributed by atoms with E-state index >= 15 is 0 Å². The summed E-state index contributed by atoms with van der Waals surface area (Å²) in [7, 11) is 0. The Bertz CT molecular complexity index is 447. The first-order valence-corrected chi connectivity index (χ1v) is 6.35. The minimum atomic E-state index is 0.574. The lowest BCUT2D eigenvalue weighted by molar-refractivity contribution is 0.245. The average Bonchev–Trinajstić information content (AvgIpc) is 3.00. The van der Waals surface area contributed by atoms with Crippen LogP contribution in [0.3, 0.4) is 0 Å². The second-order valence-corrected chi connectivity index (χ2v) is 4.74. The molecule has 2 aromatic rings. The van der Waals surface area contributed by atoms with Gasteiger partial charge in [0.2, 0.25) is 0 Å². The first-order chi connectivity index (χ1) is 8.43.